The summed E-state index contributed by atoms with van der Waals surface area (Å²) in [6, 6.07) is 25.8. The average molecular weight is 466 g/mol. The van der Waals surface area contributed by atoms with Crippen molar-refractivity contribution in [1.82, 2.24) is 25.5 Å². The SMILES string of the molecule is Clc1ccccc1COc1ccccc1CNCCCSc1nnnn1-c1ccccc1. The van der Waals surface area contributed by atoms with Gasteiger partial charge in [-0.25, -0.2) is 0 Å². The van der Waals surface area contributed by atoms with Crippen molar-refractivity contribution in [2.75, 3.05) is 12.3 Å². The second kappa shape index (κ2) is 11.7. The maximum absolute atomic E-state index is 6.24. The molecule has 0 bridgehead atoms. The fraction of sp³-hybridized carbons (Fsp3) is 0.208. The predicted molar refractivity (Wildman–Crippen MR) is 128 cm³/mol. The van der Waals surface area contributed by atoms with Crippen molar-refractivity contribution in [3.8, 4) is 11.4 Å². The Morgan fingerprint density at radius 1 is 0.906 bits per heavy atom. The molecule has 0 saturated heterocycles. The molecule has 4 rings (SSSR count). The first-order chi connectivity index (χ1) is 15.8. The van der Waals surface area contributed by atoms with Gasteiger partial charge in [0, 0.05) is 28.4 Å². The Kier molecular flexibility index (Phi) is 8.14. The van der Waals surface area contributed by atoms with Gasteiger partial charge in [0.2, 0.25) is 5.16 Å². The second-order valence-corrected chi connectivity index (χ2v) is 8.54. The number of ether oxygens (including phenoxy) is 1. The van der Waals surface area contributed by atoms with Gasteiger partial charge in [-0.05, 0) is 47.7 Å². The van der Waals surface area contributed by atoms with E-state index in [1.54, 1.807) is 16.4 Å². The van der Waals surface area contributed by atoms with E-state index in [0.29, 0.717) is 6.61 Å². The fourth-order valence-corrected chi connectivity index (χ4v) is 4.17. The highest BCUT2D eigenvalue weighted by Gasteiger charge is 2.08. The van der Waals surface area contributed by atoms with Crippen molar-refractivity contribution in [2.24, 2.45) is 0 Å². The van der Waals surface area contributed by atoms with Gasteiger partial charge < -0.3 is 10.1 Å². The zero-order valence-electron chi connectivity index (χ0n) is 17.5. The summed E-state index contributed by atoms with van der Waals surface area (Å²) in [7, 11) is 0. The van der Waals surface area contributed by atoms with E-state index < -0.39 is 0 Å². The number of aromatic nitrogens is 4. The number of tetrazole rings is 1. The third-order valence-electron chi connectivity index (χ3n) is 4.80. The highest BCUT2D eigenvalue weighted by Crippen LogP contribution is 2.22. The number of thioether (sulfide) groups is 1. The van der Waals surface area contributed by atoms with Crippen LogP contribution in [0.25, 0.3) is 5.69 Å². The summed E-state index contributed by atoms with van der Waals surface area (Å²) < 4.78 is 7.80. The first kappa shape index (κ1) is 22.3. The van der Waals surface area contributed by atoms with Gasteiger partial charge in [-0.3, -0.25) is 0 Å². The molecule has 0 saturated carbocycles. The molecule has 6 nitrogen and oxygen atoms in total. The lowest BCUT2D eigenvalue weighted by Crippen LogP contribution is -2.16. The summed E-state index contributed by atoms with van der Waals surface area (Å²) in [6.07, 6.45) is 0.995. The van der Waals surface area contributed by atoms with E-state index in [9.17, 15) is 0 Å². The van der Waals surface area contributed by atoms with Crippen LogP contribution in [0.1, 0.15) is 17.5 Å². The summed E-state index contributed by atoms with van der Waals surface area (Å²) >= 11 is 7.89. The number of rotatable bonds is 11. The molecule has 0 aliphatic carbocycles. The van der Waals surface area contributed by atoms with E-state index in [2.05, 4.69) is 26.9 Å². The lowest BCUT2D eigenvalue weighted by Gasteiger charge is -2.13. The van der Waals surface area contributed by atoms with Gasteiger partial charge in [0.1, 0.15) is 12.4 Å². The highest BCUT2D eigenvalue weighted by atomic mass is 35.5. The molecule has 0 radical (unpaired) electrons. The number of benzene rings is 3. The molecular weight excluding hydrogens is 442 g/mol. The lowest BCUT2D eigenvalue weighted by atomic mass is 10.2. The minimum atomic E-state index is 0.448. The van der Waals surface area contributed by atoms with Crippen LogP contribution in [-0.2, 0) is 13.2 Å². The van der Waals surface area contributed by atoms with Crippen LogP contribution in [0.4, 0.5) is 0 Å². The van der Waals surface area contributed by atoms with Crippen LogP contribution in [0.3, 0.4) is 0 Å². The Hall–Kier alpha value is -2.87. The first-order valence-corrected chi connectivity index (χ1v) is 11.8. The van der Waals surface area contributed by atoms with E-state index in [1.165, 1.54) is 0 Å². The van der Waals surface area contributed by atoms with Crippen LogP contribution in [0.2, 0.25) is 5.02 Å². The molecule has 0 aliphatic heterocycles. The third kappa shape index (κ3) is 6.09. The van der Waals surface area contributed by atoms with Crippen molar-refractivity contribution in [1.29, 1.82) is 0 Å². The summed E-state index contributed by atoms with van der Waals surface area (Å²) in [5.74, 6) is 1.79. The largest absolute Gasteiger partial charge is 0.489 e. The van der Waals surface area contributed by atoms with E-state index in [4.69, 9.17) is 16.3 Å². The lowest BCUT2D eigenvalue weighted by molar-refractivity contribution is 0.302. The van der Waals surface area contributed by atoms with E-state index >= 15 is 0 Å². The minimum absolute atomic E-state index is 0.448. The Morgan fingerprint density at radius 3 is 2.50 bits per heavy atom. The molecule has 3 aromatic carbocycles. The zero-order chi connectivity index (χ0) is 22.0. The normalized spacial score (nSPS) is 10.9. The summed E-state index contributed by atoms with van der Waals surface area (Å²) in [5, 5.41) is 17.1. The van der Waals surface area contributed by atoms with E-state index in [0.717, 1.165) is 58.0 Å². The zero-order valence-corrected chi connectivity index (χ0v) is 19.1. The summed E-state index contributed by atoms with van der Waals surface area (Å²) in [4.78, 5) is 0. The number of nitrogens with one attached hydrogen (secondary N) is 1. The average Bonchev–Trinajstić information content (AvgIpc) is 3.30. The van der Waals surface area contributed by atoms with Gasteiger partial charge in [0.05, 0.1) is 5.69 Å². The van der Waals surface area contributed by atoms with Crippen molar-refractivity contribution >= 4 is 23.4 Å². The predicted octanol–water partition coefficient (Wildman–Crippen LogP) is 5.17. The third-order valence-corrected chi connectivity index (χ3v) is 6.17. The topological polar surface area (TPSA) is 64.9 Å². The van der Waals surface area contributed by atoms with Gasteiger partial charge in [0.15, 0.2) is 0 Å². The van der Waals surface area contributed by atoms with Crippen LogP contribution in [0, 0.1) is 0 Å². The Bertz CT molecular complexity index is 1120. The summed E-state index contributed by atoms with van der Waals surface area (Å²) in [6.45, 7) is 2.08. The van der Waals surface area contributed by atoms with Gasteiger partial charge in [-0.15, -0.1) is 5.10 Å². The van der Waals surface area contributed by atoms with Gasteiger partial charge in [-0.1, -0.05) is 78.0 Å². The molecule has 0 aliphatic rings. The molecular formula is C24H24ClN5OS. The fourth-order valence-electron chi connectivity index (χ4n) is 3.15. The molecule has 0 amide bonds. The number of nitrogens with zero attached hydrogens (tertiary/aromatic N) is 4. The molecule has 0 unspecified atom stereocenters. The van der Waals surface area contributed by atoms with Crippen LogP contribution in [0.5, 0.6) is 5.75 Å². The van der Waals surface area contributed by atoms with Crippen LogP contribution in [-0.4, -0.2) is 32.5 Å². The number of para-hydroxylation sites is 2. The Balaban J connectivity index is 1.22. The van der Waals surface area contributed by atoms with Gasteiger partial charge in [-0.2, -0.15) is 4.68 Å². The highest BCUT2D eigenvalue weighted by molar-refractivity contribution is 7.99. The molecule has 0 atom stereocenters. The molecule has 4 aromatic rings. The molecule has 0 spiro atoms. The number of halogens is 1. The molecule has 8 heteroatoms. The molecule has 1 N–H and O–H groups in total. The van der Waals surface area contributed by atoms with Crippen molar-refractivity contribution in [2.45, 2.75) is 24.7 Å². The van der Waals surface area contributed by atoms with Crippen molar-refractivity contribution < 1.29 is 4.74 Å². The summed E-state index contributed by atoms with van der Waals surface area (Å²) in [5.41, 5.74) is 3.07. The molecule has 1 heterocycles. The quantitative estimate of drug-likeness (QED) is 0.243. The van der Waals surface area contributed by atoms with Crippen molar-refractivity contribution in [3.63, 3.8) is 0 Å². The maximum atomic E-state index is 6.24. The van der Waals surface area contributed by atoms with Crippen LogP contribution in [0.15, 0.2) is 84.0 Å². The number of hydrogen-bond donors (Lipinski definition) is 1. The maximum Gasteiger partial charge on any atom is 0.214 e. The number of hydrogen-bond acceptors (Lipinski definition) is 6. The van der Waals surface area contributed by atoms with Crippen molar-refractivity contribution in [3.05, 3.63) is 95.0 Å². The van der Waals surface area contributed by atoms with E-state index in [1.807, 2.05) is 72.8 Å². The van der Waals surface area contributed by atoms with Gasteiger partial charge >= 0.3 is 0 Å². The van der Waals surface area contributed by atoms with Crippen LogP contribution < -0.4 is 10.1 Å². The van der Waals surface area contributed by atoms with E-state index in [-0.39, 0.29) is 0 Å². The Labute approximate surface area is 197 Å². The Morgan fingerprint density at radius 2 is 1.66 bits per heavy atom. The minimum Gasteiger partial charge on any atom is -0.489 e. The standard InChI is InChI=1S/C24H24ClN5OS/c25-22-13-6-4-10-20(22)18-31-23-14-7-5-9-19(23)17-26-15-8-16-32-24-27-28-29-30(24)21-11-2-1-3-12-21/h1-7,9-14,26H,8,15-18H2. The molecule has 32 heavy (non-hydrogen) atoms. The van der Waals surface area contributed by atoms with Gasteiger partial charge in [0.25, 0.3) is 0 Å². The molecule has 0 fully saturated rings. The van der Waals surface area contributed by atoms with Crippen LogP contribution >= 0.6 is 23.4 Å². The first-order valence-electron chi connectivity index (χ1n) is 10.4. The molecule has 1 aromatic heterocycles. The smallest absolute Gasteiger partial charge is 0.214 e. The molecule has 164 valence electrons. The monoisotopic (exact) mass is 465 g/mol. The second-order valence-electron chi connectivity index (χ2n) is 7.08.